The number of nitrogens with one attached hydrogen (secondary N) is 1. The molecule has 2 aliphatic rings. The molecule has 0 radical (unpaired) electrons. The first-order valence-electron chi connectivity index (χ1n) is 14.0. The van der Waals surface area contributed by atoms with Crippen LogP contribution in [-0.2, 0) is 23.9 Å². The first kappa shape index (κ1) is 26.4. The van der Waals surface area contributed by atoms with Gasteiger partial charge in [-0.3, -0.25) is 14.8 Å². The van der Waals surface area contributed by atoms with E-state index in [1.165, 1.54) is 5.56 Å². The van der Waals surface area contributed by atoms with Crippen LogP contribution in [0.5, 0.6) is 0 Å². The Morgan fingerprint density at radius 3 is 2.50 bits per heavy atom. The van der Waals surface area contributed by atoms with Crippen molar-refractivity contribution in [3.8, 4) is 0 Å². The molecule has 0 bridgehead atoms. The van der Waals surface area contributed by atoms with E-state index in [4.69, 9.17) is 0 Å². The first-order chi connectivity index (χ1) is 19.2. The van der Waals surface area contributed by atoms with Crippen LogP contribution in [0.25, 0.3) is 0 Å². The molecule has 6 rings (SSSR count). The van der Waals surface area contributed by atoms with Crippen molar-refractivity contribution in [1.82, 2.24) is 9.97 Å². The molecule has 2 aliphatic carbocycles. The number of rotatable bonds is 5. The van der Waals surface area contributed by atoms with Crippen molar-refractivity contribution in [2.45, 2.75) is 62.6 Å². The van der Waals surface area contributed by atoms with Gasteiger partial charge in [0.2, 0.25) is 0 Å². The fourth-order valence-electron chi connectivity index (χ4n) is 7.19. The predicted octanol–water partition coefficient (Wildman–Crippen LogP) is 5.51. The molecule has 4 aromatic rings. The van der Waals surface area contributed by atoms with Gasteiger partial charge in [-0.05, 0) is 105 Å². The predicted molar refractivity (Wildman–Crippen MR) is 155 cm³/mol. The van der Waals surface area contributed by atoms with Crippen LogP contribution in [0, 0.1) is 12.8 Å². The van der Waals surface area contributed by atoms with Crippen LogP contribution in [0.15, 0.2) is 91.3 Å². The number of fused-ring (bicyclic) bond motifs is 3. The third-order valence-electron chi connectivity index (χ3n) is 9.25. The van der Waals surface area contributed by atoms with Crippen molar-refractivity contribution < 1.29 is 15.0 Å². The van der Waals surface area contributed by atoms with Gasteiger partial charge in [0.1, 0.15) is 5.60 Å². The Morgan fingerprint density at radius 1 is 0.975 bits per heavy atom. The molecule has 0 saturated heterocycles. The molecule has 3 N–H and O–H groups in total. The van der Waals surface area contributed by atoms with Crippen LogP contribution in [0.3, 0.4) is 0 Å². The Hall–Kier alpha value is -3.87. The van der Waals surface area contributed by atoms with E-state index in [0.29, 0.717) is 29.8 Å². The number of carbonyl (C=O) groups is 1. The Kier molecular flexibility index (Phi) is 6.56. The lowest BCUT2D eigenvalue weighted by Crippen LogP contribution is -2.63. The van der Waals surface area contributed by atoms with Crippen LogP contribution < -0.4 is 5.32 Å². The number of carbonyl (C=O) groups excluding carboxylic acids is 1. The van der Waals surface area contributed by atoms with E-state index in [0.717, 1.165) is 36.1 Å². The third kappa shape index (κ3) is 4.41. The molecule has 2 aromatic carbocycles. The highest BCUT2D eigenvalue weighted by molar-refractivity contribution is 6.04. The molecule has 1 saturated carbocycles. The molecule has 40 heavy (non-hydrogen) atoms. The lowest BCUT2D eigenvalue weighted by atomic mass is 9.48. The van der Waals surface area contributed by atoms with E-state index < -0.39 is 16.6 Å². The number of amides is 1. The van der Waals surface area contributed by atoms with E-state index in [2.05, 4.69) is 33.5 Å². The van der Waals surface area contributed by atoms with Crippen LogP contribution in [0.2, 0.25) is 0 Å². The quantitative estimate of drug-likeness (QED) is 0.314. The van der Waals surface area contributed by atoms with Crippen LogP contribution in [0.4, 0.5) is 5.69 Å². The monoisotopic (exact) mass is 533 g/mol. The molecule has 6 nitrogen and oxygen atoms in total. The van der Waals surface area contributed by atoms with Gasteiger partial charge in [-0.25, -0.2) is 0 Å². The van der Waals surface area contributed by atoms with Gasteiger partial charge < -0.3 is 15.5 Å². The summed E-state index contributed by atoms with van der Waals surface area (Å²) >= 11 is 0. The minimum Gasteiger partial charge on any atom is -0.387 e. The van der Waals surface area contributed by atoms with Crippen molar-refractivity contribution in [3.05, 3.63) is 125 Å². The van der Waals surface area contributed by atoms with Gasteiger partial charge >= 0.3 is 0 Å². The summed E-state index contributed by atoms with van der Waals surface area (Å²) < 4.78 is 0. The number of pyridine rings is 2. The summed E-state index contributed by atoms with van der Waals surface area (Å²) in [5, 5.41) is 27.1. The zero-order valence-corrected chi connectivity index (χ0v) is 23.0. The lowest BCUT2D eigenvalue weighted by Gasteiger charge is -2.59. The highest BCUT2D eigenvalue weighted by Gasteiger charge is 2.62. The normalized spacial score (nSPS) is 27.4. The second-order valence-corrected chi connectivity index (χ2v) is 11.7. The molecule has 1 fully saturated rings. The minimum absolute atomic E-state index is 0.116. The van der Waals surface area contributed by atoms with E-state index in [9.17, 15) is 15.0 Å². The summed E-state index contributed by atoms with van der Waals surface area (Å²) in [5.41, 5.74) is 2.76. The molecule has 0 aliphatic heterocycles. The van der Waals surface area contributed by atoms with Gasteiger partial charge in [0, 0.05) is 23.4 Å². The maximum absolute atomic E-state index is 13.2. The van der Waals surface area contributed by atoms with Gasteiger partial charge in [0.15, 0.2) is 0 Å². The molecule has 2 aromatic heterocycles. The molecule has 6 heteroatoms. The maximum atomic E-state index is 13.2. The highest BCUT2D eigenvalue weighted by Crippen LogP contribution is 2.59. The fourth-order valence-corrected chi connectivity index (χ4v) is 7.19. The highest BCUT2D eigenvalue weighted by atomic mass is 16.4. The van der Waals surface area contributed by atoms with Gasteiger partial charge in [-0.15, -0.1) is 0 Å². The second kappa shape index (κ2) is 9.95. The zero-order valence-electron chi connectivity index (χ0n) is 23.0. The summed E-state index contributed by atoms with van der Waals surface area (Å²) in [6, 6.07) is 25.5. The summed E-state index contributed by atoms with van der Waals surface area (Å²) in [5.74, 6) is -0.0524. The Labute approximate surface area is 235 Å². The second-order valence-electron chi connectivity index (χ2n) is 11.7. The summed E-state index contributed by atoms with van der Waals surface area (Å²) in [7, 11) is 0. The maximum Gasteiger partial charge on any atom is 0.255 e. The van der Waals surface area contributed by atoms with Crippen LogP contribution in [0.1, 0.15) is 64.6 Å². The SMILES string of the molecule is Cc1ncccc1NC(=O)c1ccc2c(c1)CC[C@@H]1C[C@@](O)(c3ccccn3)[C@](C)(O)C[C@@]21Cc1ccccc1. The summed E-state index contributed by atoms with van der Waals surface area (Å²) in [4.78, 5) is 22.0. The lowest BCUT2D eigenvalue weighted by molar-refractivity contribution is -0.206. The van der Waals surface area contributed by atoms with Crippen molar-refractivity contribution in [1.29, 1.82) is 0 Å². The molecule has 0 spiro atoms. The summed E-state index contributed by atoms with van der Waals surface area (Å²) in [6.07, 6.45) is 6.54. The van der Waals surface area contributed by atoms with E-state index >= 15 is 0 Å². The van der Waals surface area contributed by atoms with Crippen molar-refractivity contribution >= 4 is 11.6 Å². The number of hydrogen-bond acceptors (Lipinski definition) is 5. The topological polar surface area (TPSA) is 95.3 Å². The molecule has 204 valence electrons. The Morgan fingerprint density at radius 2 is 1.75 bits per heavy atom. The molecular weight excluding hydrogens is 498 g/mol. The number of anilines is 1. The van der Waals surface area contributed by atoms with Gasteiger partial charge in [-0.2, -0.15) is 0 Å². The van der Waals surface area contributed by atoms with Crippen LogP contribution >= 0.6 is 0 Å². The Balaban J connectivity index is 1.41. The van der Waals surface area contributed by atoms with Crippen molar-refractivity contribution in [2.24, 2.45) is 5.92 Å². The molecule has 0 unspecified atom stereocenters. The van der Waals surface area contributed by atoms with E-state index in [1.54, 1.807) is 19.3 Å². The average molecular weight is 534 g/mol. The number of aromatic nitrogens is 2. The third-order valence-corrected chi connectivity index (χ3v) is 9.25. The van der Waals surface area contributed by atoms with E-state index in [-0.39, 0.29) is 11.8 Å². The minimum atomic E-state index is -1.46. The van der Waals surface area contributed by atoms with Gasteiger partial charge in [-0.1, -0.05) is 42.5 Å². The van der Waals surface area contributed by atoms with Gasteiger partial charge in [0.25, 0.3) is 5.91 Å². The largest absolute Gasteiger partial charge is 0.387 e. The molecular formula is C34H35N3O3. The Bertz CT molecular complexity index is 1540. The van der Waals surface area contributed by atoms with Crippen LogP contribution in [-0.4, -0.2) is 31.7 Å². The number of hydrogen-bond donors (Lipinski definition) is 3. The number of nitrogens with zero attached hydrogens (tertiary/aromatic N) is 2. The van der Waals surface area contributed by atoms with Crippen molar-refractivity contribution in [2.75, 3.05) is 5.32 Å². The first-order valence-corrected chi connectivity index (χ1v) is 14.0. The van der Waals surface area contributed by atoms with E-state index in [1.807, 2.05) is 67.6 Å². The molecule has 1 amide bonds. The molecule has 2 heterocycles. The standard InChI is InChI=1S/C34H35N3O3/c1-23-29(11-8-18-35-23)37-31(38)26-14-16-28-25(19-26)13-15-27-21-34(40,30-12-6-7-17-36-30)32(2,39)22-33(27,28)20-24-9-4-3-5-10-24/h3-12,14,16-19,27,39-40H,13,15,20-22H2,1-2H3,(H,37,38)/t27-,32-,33-,34-/m1/s1. The fraction of sp³-hybridized carbons (Fsp3) is 0.324. The number of benzene rings is 2. The number of aryl methyl sites for hydroxylation is 2. The van der Waals surface area contributed by atoms with Crippen molar-refractivity contribution in [3.63, 3.8) is 0 Å². The summed E-state index contributed by atoms with van der Waals surface area (Å²) in [6.45, 7) is 3.62. The smallest absolute Gasteiger partial charge is 0.255 e. The zero-order chi connectivity index (χ0) is 28.0. The van der Waals surface area contributed by atoms with Gasteiger partial charge in [0.05, 0.1) is 22.7 Å². The number of aliphatic hydroxyl groups is 2. The average Bonchev–Trinajstić information content (AvgIpc) is 2.96. The molecule has 4 atom stereocenters.